The molecule has 0 amide bonds. The zero-order valence-electron chi connectivity index (χ0n) is 17.5. The first-order valence-electron chi connectivity index (χ1n) is 10.3. The average Bonchev–Trinajstić information content (AvgIpc) is 2.67. The number of hydrogen-bond donors (Lipinski definition) is 0. The van der Waals surface area contributed by atoms with E-state index < -0.39 is 0 Å². The largest absolute Gasteiger partial charge is 0.490 e. The van der Waals surface area contributed by atoms with E-state index in [0.717, 1.165) is 37.1 Å². The fourth-order valence-corrected chi connectivity index (χ4v) is 3.73. The molecule has 0 bridgehead atoms. The number of benzene rings is 1. The minimum absolute atomic E-state index is 0.202. The van der Waals surface area contributed by atoms with E-state index in [0.29, 0.717) is 30.0 Å². The number of unbranched alkanes of at least 4 members (excludes halogenated alkanes) is 1. The molecule has 0 fully saturated rings. The minimum Gasteiger partial charge on any atom is -0.490 e. The number of halogens is 1. The van der Waals surface area contributed by atoms with E-state index >= 15 is 0 Å². The molecule has 1 atom stereocenters. The predicted octanol–water partition coefficient (Wildman–Crippen LogP) is 6.51. The number of ether oxygens (including phenoxy) is 1. The summed E-state index contributed by atoms with van der Waals surface area (Å²) in [4.78, 5) is 9.67. The van der Waals surface area contributed by atoms with Crippen LogP contribution in [0.15, 0.2) is 41.4 Å². The Bertz CT molecular complexity index is 824. The van der Waals surface area contributed by atoms with Crippen LogP contribution in [0.5, 0.6) is 5.75 Å². The van der Waals surface area contributed by atoms with Crippen molar-refractivity contribution in [2.45, 2.75) is 59.9 Å². The van der Waals surface area contributed by atoms with Gasteiger partial charge in [0.05, 0.1) is 24.6 Å². The van der Waals surface area contributed by atoms with Gasteiger partial charge in [0.2, 0.25) is 0 Å². The summed E-state index contributed by atoms with van der Waals surface area (Å²) < 4.78 is 5.89. The van der Waals surface area contributed by atoms with Crippen molar-refractivity contribution < 1.29 is 4.74 Å². The summed E-state index contributed by atoms with van der Waals surface area (Å²) in [5, 5.41) is 0.441. The van der Waals surface area contributed by atoms with Gasteiger partial charge in [-0.3, -0.25) is 4.99 Å². The van der Waals surface area contributed by atoms with Crippen molar-refractivity contribution in [2.75, 3.05) is 6.61 Å². The Morgan fingerprint density at radius 2 is 1.93 bits per heavy atom. The Morgan fingerprint density at radius 1 is 1.18 bits per heavy atom. The van der Waals surface area contributed by atoms with Crippen LogP contribution in [0.4, 0.5) is 0 Å². The van der Waals surface area contributed by atoms with E-state index in [-0.39, 0.29) is 5.41 Å². The van der Waals surface area contributed by atoms with Crippen LogP contribution >= 0.6 is 11.6 Å². The highest BCUT2D eigenvalue weighted by atomic mass is 35.5. The third-order valence-electron chi connectivity index (χ3n) is 5.48. The zero-order chi connectivity index (χ0) is 20.1. The number of pyridine rings is 1. The second-order valence-electron chi connectivity index (χ2n) is 8.71. The van der Waals surface area contributed by atoms with Crippen molar-refractivity contribution in [3.63, 3.8) is 0 Å². The summed E-state index contributed by atoms with van der Waals surface area (Å²) >= 11 is 6.46. The number of nitrogens with zero attached hydrogens (tertiary/aromatic N) is 2. The summed E-state index contributed by atoms with van der Waals surface area (Å²) in [5.41, 5.74) is 4.62. The highest BCUT2D eigenvalue weighted by Gasteiger charge is 2.33. The van der Waals surface area contributed by atoms with Gasteiger partial charge < -0.3 is 4.74 Å². The van der Waals surface area contributed by atoms with E-state index in [2.05, 4.69) is 58.0 Å². The van der Waals surface area contributed by atoms with E-state index in [1.165, 1.54) is 11.1 Å². The molecule has 150 valence electrons. The lowest BCUT2D eigenvalue weighted by atomic mass is 9.71. The van der Waals surface area contributed by atoms with Crippen LogP contribution in [0, 0.1) is 11.3 Å². The molecule has 4 heteroatoms. The second kappa shape index (κ2) is 9.09. The third kappa shape index (κ3) is 5.14. The standard InChI is InChI=1S/C24H31ClN2O/c1-5-6-12-28-21-14-18-13-19(24(2,3)4)15-20(22(18)27-23(21)25)26-16-17-10-8-7-9-11-17/h7-11,14,19H,5-6,12-13,15-16H2,1-4H3/b26-20+. The normalized spacial score (nSPS) is 18.2. The van der Waals surface area contributed by atoms with Gasteiger partial charge >= 0.3 is 0 Å². The average molecular weight is 399 g/mol. The fraction of sp³-hybridized carbons (Fsp3) is 0.500. The maximum Gasteiger partial charge on any atom is 0.171 e. The lowest BCUT2D eigenvalue weighted by Crippen LogP contribution is -2.31. The maximum atomic E-state index is 6.46. The molecule has 0 N–H and O–H groups in total. The summed E-state index contributed by atoms with van der Waals surface area (Å²) in [6, 6.07) is 12.5. The lowest BCUT2D eigenvalue weighted by molar-refractivity contribution is 0.241. The molecule has 0 spiro atoms. The van der Waals surface area contributed by atoms with Crippen molar-refractivity contribution in [1.82, 2.24) is 4.98 Å². The molecular formula is C24H31ClN2O. The van der Waals surface area contributed by atoms with E-state index in [9.17, 15) is 0 Å². The molecular weight excluding hydrogens is 368 g/mol. The Labute approximate surface area is 174 Å². The summed E-state index contributed by atoms with van der Waals surface area (Å²) in [6.45, 7) is 10.4. The Kier molecular flexibility index (Phi) is 6.77. The fourth-order valence-electron chi connectivity index (χ4n) is 3.53. The van der Waals surface area contributed by atoms with Gasteiger partial charge in [0, 0.05) is 0 Å². The summed E-state index contributed by atoms with van der Waals surface area (Å²) in [6.07, 6.45) is 4.03. The van der Waals surface area contributed by atoms with E-state index in [1.807, 2.05) is 6.07 Å². The molecule has 2 aromatic rings. The highest BCUT2D eigenvalue weighted by Crippen LogP contribution is 2.39. The Balaban J connectivity index is 1.93. The molecule has 3 rings (SSSR count). The quantitative estimate of drug-likeness (QED) is 0.410. The van der Waals surface area contributed by atoms with Gasteiger partial charge in [-0.2, -0.15) is 0 Å². The maximum absolute atomic E-state index is 6.46. The van der Waals surface area contributed by atoms with Crippen LogP contribution < -0.4 is 4.74 Å². The minimum atomic E-state index is 0.202. The van der Waals surface area contributed by atoms with Gasteiger partial charge in [0.1, 0.15) is 0 Å². The Hall–Kier alpha value is -1.87. The molecule has 1 heterocycles. The Morgan fingerprint density at radius 3 is 2.61 bits per heavy atom. The summed E-state index contributed by atoms with van der Waals surface area (Å²) in [7, 11) is 0. The highest BCUT2D eigenvalue weighted by molar-refractivity contribution is 6.31. The lowest BCUT2D eigenvalue weighted by Gasteiger charge is -2.35. The number of hydrogen-bond acceptors (Lipinski definition) is 3. The van der Waals surface area contributed by atoms with E-state index in [4.69, 9.17) is 26.3 Å². The molecule has 0 radical (unpaired) electrons. The number of aromatic nitrogens is 1. The smallest absolute Gasteiger partial charge is 0.171 e. The van der Waals surface area contributed by atoms with Crippen LogP contribution in [0.2, 0.25) is 5.15 Å². The van der Waals surface area contributed by atoms with Crippen molar-refractivity contribution in [3.05, 3.63) is 58.4 Å². The molecule has 1 aliphatic rings. The van der Waals surface area contributed by atoms with E-state index in [1.54, 1.807) is 0 Å². The first-order chi connectivity index (χ1) is 13.4. The van der Waals surface area contributed by atoms with Crippen LogP contribution in [0.25, 0.3) is 0 Å². The van der Waals surface area contributed by atoms with Crippen LogP contribution in [0.3, 0.4) is 0 Å². The molecule has 0 aliphatic heterocycles. The molecule has 0 saturated carbocycles. The van der Waals surface area contributed by atoms with Gasteiger partial charge in [-0.25, -0.2) is 4.98 Å². The van der Waals surface area contributed by atoms with Crippen LogP contribution in [-0.2, 0) is 13.0 Å². The molecule has 1 aromatic carbocycles. The molecule has 0 saturated heterocycles. The molecule has 1 aliphatic carbocycles. The number of fused-ring (bicyclic) bond motifs is 1. The third-order valence-corrected chi connectivity index (χ3v) is 5.75. The SMILES string of the molecule is CCCCOc1cc2c(nc1Cl)/C(=N/Cc1ccccc1)CC(C(C)(C)C)C2. The van der Waals surface area contributed by atoms with Crippen molar-refractivity contribution in [1.29, 1.82) is 0 Å². The number of rotatable bonds is 6. The molecule has 3 nitrogen and oxygen atoms in total. The second-order valence-corrected chi connectivity index (χ2v) is 9.06. The van der Waals surface area contributed by atoms with Gasteiger partial charge in [-0.15, -0.1) is 0 Å². The van der Waals surface area contributed by atoms with Crippen molar-refractivity contribution in [2.24, 2.45) is 16.3 Å². The molecule has 1 unspecified atom stereocenters. The monoisotopic (exact) mass is 398 g/mol. The molecule has 28 heavy (non-hydrogen) atoms. The van der Waals surface area contributed by atoms with Crippen LogP contribution in [0.1, 0.15) is 63.8 Å². The first-order valence-corrected chi connectivity index (χ1v) is 10.7. The van der Waals surface area contributed by atoms with Gasteiger partial charge in [-0.05, 0) is 47.8 Å². The summed E-state index contributed by atoms with van der Waals surface area (Å²) in [5.74, 6) is 1.21. The van der Waals surface area contributed by atoms with Gasteiger partial charge in [0.25, 0.3) is 0 Å². The van der Waals surface area contributed by atoms with Crippen molar-refractivity contribution >= 4 is 17.3 Å². The molecule has 1 aromatic heterocycles. The predicted molar refractivity (Wildman–Crippen MR) is 118 cm³/mol. The van der Waals surface area contributed by atoms with Crippen molar-refractivity contribution in [3.8, 4) is 5.75 Å². The number of aliphatic imine (C=N–C) groups is 1. The zero-order valence-corrected chi connectivity index (χ0v) is 18.2. The van der Waals surface area contributed by atoms with Gasteiger partial charge in [-0.1, -0.05) is 76.0 Å². The van der Waals surface area contributed by atoms with Gasteiger partial charge in [0.15, 0.2) is 10.9 Å². The first kappa shape index (κ1) is 20.9. The van der Waals surface area contributed by atoms with Crippen LogP contribution in [-0.4, -0.2) is 17.3 Å². The topological polar surface area (TPSA) is 34.5 Å².